The Labute approximate surface area is 156 Å². The van der Waals surface area contributed by atoms with Crippen LogP contribution in [0.15, 0.2) is 35.1 Å². The smallest absolute Gasteiger partial charge is 0.303 e. The van der Waals surface area contributed by atoms with E-state index in [1.54, 1.807) is 7.11 Å². The number of H-pyrrole nitrogens is 1. The van der Waals surface area contributed by atoms with Crippen LogP contribution in [0.3, 0.4) is 0 Å². The fourth-order valence-electron chi connectivity index (χ4n) is 2.52. The minimum Gasteiger partial charge on any atom is -0.497 e. The number of carboxylic acid groups (broad SMARTS) is 1. The summed E-state index contributed by atoms with van der Waals surface area (Å²) in [6.07, 6.45) is 2.45. The topological polar surface area (TPSA) is 121 Å². The van der Waals surface area contributed by atoms with Gasteiger partial charge in [-0.1, -0.05) is 18.6 Å². The third-order valence-electron chi connectivity index (χ3n) is 3.91. The van der Waals surface area contributed by atoms with Gasteiger partial charge in [0.1, 0.15) is 17.3 Å². The van der Waals surface area contributed by atoms with E-state index in [9.17, 15) is 14.4 Å². The molecular formula is C19H23N3O5. The molecule has 0 aliphatic heterocycles. The van der Waals surface area contributed by atoms with Gasteiger partial charge >= 0.3 is 5.97 Å². The summed E-state index contributed by atoms with van der Waals surface area (Å²) in [5, 5.41) is 11.3. The zero-order valence-electron chi connectivity index (χ0n) is 15.2. The lowest BCUT2D eigenvalue weighted by Gasteiger charge is -2.07. The molecular weight excluding hydrogens is 350 g/mol. The number of aliphatic carboxylic acids is 1. The summed E-state index contributed by atoms with van der Waals surface area (Å²) < 4.78 is 5.11. The Kier molecular flexibility index (Phi) is 7.54. The Bertz CT molecular complexity index is 830. The average Bonchev–Trinajstić information content (AvgIpc) is 2.64. The minimum absolute atomic E-state index is 0.0628. The predicted octanol–water partition coefficient (Wildman–Crippen LogP) is 1.74. The normalized spacial score (nSPS) is 10.4. The molecule has 2 aromatic rings. The quantitative estimate of drug-likeness (QED) is 0.546. The molecule has 27 heavy (non-hydrogen) atoms. The van der Waals surface area contributed by atoms with E-state index in [4.69, 9.17) is 9.84 Å². The van der Waals surface area contributed by atoms with Gasteiger partial charge in [0.2, 0.25) is 0 Å². The third-order valence-corrected chi connectivity index (χ3v) is 3.91. The number of methoxy groups -OCH3 is 1. The first kappa shape index (κ1) is 20.2. The summed E-state index contributed by atoms with van der Waals surface area (Å²) in [6, 6.07) is 8.52. The molecule has 8 nitrogen and oxygen atoms in total. The highest BCUT2D eigenvalue weighted by molar-refractivity contribution is 5.92. The van der Waals surface area contributed by atoms with Crippen LogP contribution in [0.2, 0.25) is 0 Å². The molecule has 2 rings (SSSR count). The van der Waals surface area contributed by atoms with Gasteiger partial charge in [0.05, 0.1) is 7.11 Å². The Hall–Kier alpha value is -3.16. The van der Waals surface area contributed by atoms with E-state index in [1.807, 2.05) is 24.3 Å². The van der Waals surface area contributed by atoms with Crippen LogP contribution in [0.1, 0.15) is 47.6 Å². The second kappa shape index (κ2) is 10.1. The van der Waals surface area contributed by atoms with Crippen molar-refractivity contribution in [1.82, 2.24) is 15.3 Å². The van der Waals surface area contributed by atoms with E-state index >= 15 is 0 Å². The Morgan fingerprint density at radius 1 is 1.19 bits per heavy atom. The van der Waals surface area contributed by atoms with Crippen molar-refractivity contribution in [3.63, 3.8) is 0 Å². The Balaban J connectivity index is 1.92. The molecule has 0 radical (unpaired) electrons. The van der Waals surface area contributed by atoms with Gasteiger partial charge in [0.25, 0.3) is 11.5 Å². The van der Waals surface area contributed by atoms with Gasteiger partial charge < -0.3 is 20.1 Å². The number of ether oxygens (including phenoxy) is 1. The van der Waals surface area contributed by atoms with Gasteiger partial charge in [-0.3, -0.25) is 14.4 Å². The summed E-state index contributed by atoms with van der Waals surface area (Å²) in [4.78, 5) is 41.3. The highest BCUT2D eigenvalue weighted by atomic mass is 16.5. The molecule has 144 valence electrons. The van der Waals surface area contributed by atoms with E-state index in [0.717, 1.165) is 17.4 Å². The van der Waals surface area contributed by atoms with Crippen LogP contribution in [0.25, 0.3) is 0 Å². The number of carboxylic acids is 1. The van der Waals surface area contributed by atoms with E-state index < -0.39 is 11.9 Å². The molecule has 0 fully saturated rings. The number of aromatic nitrogens is 2. The van der Waals surface area contributed by atoms with Crippen molar-refractivity contribution in [3.05, 3.63) is 57.8 Å². The fourth-order valence-corrected chi connectivity index (χ4v) is 2.52. The summed E-state index contributed by atoms with van der Waals surface area (Å²) in [5.74, 6) is -0.109. The maximum atomic E-state index is 12.2. The number of carbonyl (C=O) groups is 2. The molecule has 1 heterocycles. The van der Waals surface area contributed by atoms with Crippen molar-refractivity contribution in [2.75, 3.05) is 13.7 Å². The van der Waals surface area contributed by atoms with Crippen LogP contribution in [0, 0.1) is 0 Å². The maximum absolute atomic E-state index is 12.2. The van der Waals surface area contributed by atoms with Crippen molar-refractivity contribution < 1.29 is 19.4 Å². The monoisotopic (exact) mass is 373 g/mol. The summed E-state index contributed by atoms with van der Waals surface area (Å²) in [5.41, 5.74) is 0.600. The second-order valence-corrected chi connectivity index (χ2v) is 6.06. The molecule has 0 aliphatic rings. The van der Waals surface area contributed by atoms with Gasteiger partial charge in [-0.25, -0.2) is 4.98 Å². The minimum atomic E-state index is -0.823. The van der Waals surface area contributed by atoms with Gasteiger partial charge in [-0.2, -0.15) is 0 Å². The summed E-state index contributed by atoms with van der Waals surface area (Å²) >= 11 is 0. The number of aromatic amines is 1. The van der Waals surface area contributed by atoms with E-state index in [-0.39, 0.29) is 17.7 Å². The number of hydrogen-bond acceptors (Lipinski definition) is 5. The van der Waals surface area contributed by atoms with E-state index in [0.29, 0.717) is 38.1 Å². The first-order valence-electron chi connectivity index (χ1n) is 8.71. The van der Waals surface area contributed by atoms with Crippen molar-refractivity contribution in [1.29, 1.82) is 0 Å². The number of nitrogens with one attached hydrogen (secondary N) is 2. The first-order valence-corrected chi connectivity index (χ1v) is 8.71. The molecule has 0 bridgehead atoms. The number of unbranched alkanes of at least 4 members (excludes halogenated alkanes) is 2. The first-order chi connectivity index (χ1) is 13.0. The number of hydrogen-bond donors (Lipinski definition) is 3. The van der Waals surface area contributed by atoms with Crippen LogP contribution < -0.4 is 15.6 Å². The van der Waals surface area contributed by atoms with E-state index in [2.05, 4.69) is 15.3 Å². The maximum Gasteiger partial charge on any atom is 0.303 e. The van der Waals surface area contributed by atoms with Gasteiger partial charge in [-0.05, 0) is 30.5 Å². The zero-order valence-corrected chi connectivity index (χ0v) is 15.2. The van der Waals surface area contributed by atoms with Crippen molar-refractivity contribution in [2.24, 2.45) is 0 Å². The standard InChI is InChI=1S/C19H23N3O5/c1-27-14-8-6-13(7-9-14)11-16-21-15(12-17(23)22-16)19(26)20-10-4-2-3-5-18(24)25/h6-9,12H,2-5,10-11H2,1H3,(H,20,26)(H,24,25)(H,21,22,23). The number of nitrogens with zero attached hydrogens (tertiary/aromatic N) is 1. The number of amides is 1. The summed E-state index contributed by atoms with van der Waals surface area (Å²) in [6.45, 7) is 0.404. The molecule has 0 atom stereocenters. The van der Waals surface area contributed by atoms with Crippen LogP contribution >= 0.6 is 0 Å². The Morgan fingerprint density at radius 3 is 2.59 bits per heavy atom. The lowest BCUT2D eigenvalue weighted by molar-refractivity contribution is -0.137. The second-order valence-electron chi connectivity index (χ2n) is 6.06. The predicted molar refractivity (Wildman–Crippen MR) is 99.1 cm³/mol. The number of carbonyl (C=O) groups excluding carboxylic acids is 1. The van der Waals surface area contributed by atoms with Gasteiger partial charge in [0.15, 0.2) is 0 Å². The van der Waals surface area contributed by atoms with Crippen molar-refractivity contribution >= 4 is 11.9 Å². The molecule has 3 N–H and O–H groups in total. The third kappa shape index (κ3) is 6.93. The summed E-state index contributed by atoms with van der Waals surface area (Å²) in [7, 11) is 1.59. The lowest BCUT2D eigenvalue weighted by atomic mass is 10.1. The van der Waals surface area contributed by atoms with Gasteiger partial charge in [-0.15, -0.1) is 0 Å². The van der Waals surface area contributed by atoms with E-state index in [1.165, 1.54) is 0 Å². The highest BCUT2D eigenvalue weighted by Gasteiger charge is 2.10. The largest absolute Gasteiger partial charge is 0.497 e. The molecule has 0 spiro atoms. The zero-order chi connectivity index (χ0) is 19.6. The Morgan fingerprint density at radius 2 is 1.93 bits per heavy atom. The van der Waals surface area contributed by atoms with Crippen molar-refractivity contribution in [3.8, 4) is 5.75 Å². The highest BCUT2D eigenvalue weighted by Crippen LogP contribution is 2.13. The molecule has 1 aromatic carbocycles. The molecule has 8 heteroatoms. The number of benzene rings is 1. The molecule has 1 amide bonds. The average molecular weight is 373 g/mol. The van der Waals surface area contributed by atoms with Crippen LogP contribution in [-0.4, -0.2) is 40.6 Å². The van der Waals surface area contributed by atoms with Crippen LogP contribution in [-0.2, 0) is 11.2 Å². The molecule has 0 aliphatic carbocycles. The fraction of sp³-hybridized carbons (Fsp3) is 0.368. The molecule has 0 unspecified atom stereocenters. The molecule has 0 saturated heterocycles. The van der Waals surface area contributed by atoms with Crippen LogP contribution in [0.4, 0.5) is 0 Å². The SMILES string of the molecule is COc1ccc(Cc2nc(C(=O)NCCCCCC(=O)O)cc(=O)[nH]2)cc1. The molecule has 1 aromatic heterocycles. The number of rotatable bonds is 10. The van der Waals surface area contributed by atoms with Gasteiger partial charge in [0, 0.05) is 25.5 Å². The van der Waals surface area contributed by atoms with Crippen LogP contribution in [0.5, 0.6) is 5.75 Å². The van der Waals surface area contributed by atoms with Crippen molar-refractivity contribution in [2.45, 2.75) is 32.1 Å². The molecule has 0 saturated carbocycles. The lowest BCUT2D eigenvalue weighted by Crippen LogP contribution is -2.28.